The molecule has 0 saturated carbocycles. The van der Waals surface area contributed by atoms with Crippen LogP contribution in [0.4, 0.5) is 0 Å². The summed E-state index contributed by atoms with van der Waals surface area (Å²) in [5.74, 6) is -1.73. The van der Waals surface area contributed by atoms with Gasteiger partial charge in [-0.2, -0.15) is 0 Å². The van der Waals surface area contributed by atoms with E-state index in [2.05, 4.69) is 4.90 Å². The zero-order chi connectivity index (χ0) is 17.5. The van der Waals surface area contributed by atoms with Gasteiger partial charge in [-0.05, 0) is 19.4 Å². The van der Waals surface area contributed by atoms with E-state index < -0.39 is 11.9 Å². The molecule has 0 aromatic carbocycles. The lowest BCUT2D eigenvalue weighted by Gasteiger charge is -2.26. The van der Waals surface area contributed by atoms with Crippen LogP contribution in [0.2, 0.25) is 0 Å². The summed E-state index contributed by atoms with van der Waals surface area (Å²) in [6, 6.07) is 0. The highest BCUT2D eigenvalue weighted by molar-refractivity contribution is 5.90. The number of nitrogens with zero attached hydrogens (tertiary/aromatic N) is 1. The van der Waals surface area contributed by atoms with Crippen molar-refractivity contribution in [2.24, 2.45) is 0 Å². The van der Waals surface area contributed by atoms with Crippen LogP contribution in [0, 0.1) is 0 Å². The number of carbonyl (C=O) groups excluding carboxylic acids is 1. The quantitative estimate of drug-likeness (QED) is 0.315. The normalized spacial score (nSPS) is 15.7. The van der Waals surface area contributed by atoms with Crippen LogP contribution in [0.5, 0.6) is 0 Å². The maximum absolute atomic E-state index is 11.1. The first-order chi connectivity index (χ1) is 11.7. The molecular formula is C18H31NO5. The molecular weight excluding hydrogens is 310 g/mol. The summed E-state index contributed by atoms with van der Waals surface area (Å²) in [5.41, 5.74) is 0. The van der Waals surface area contributed by atoms with Gasteiger partial charge in [0.15, 0.2) is 0 Å². The Morgan fingerprint density at radius 2 is 1.50 bits per heavy atom. The summed E-state index contributed by atoms with van der Waals surface area (Å²) in [6.07, 6.45) is 11.1. The maximum Gasteiger partial charge on any atom is 0.331 e. The van der Waals surface area contributed by atoms with Crippen LogP contribution in [0.15, 0.2) is 12.2 Å². The summed E-state index contributed by atoms with van der Waals surface area (Å²) in [7, 11) is 0. The minimum atomic E-state index is -1.14. The lowest BCUT2D eigenvalue weighted by atomic mass is 10.1. The van der Waals surface area contributed by atoms with E-state index in [-0.39, 0.29) is 0 Å². The van der Waals surface area contributed by atoms with Crippen molar-refractivity contribution in [2.45, 2.75) is 51.4 Å². The Morgan fingerprint density at radius 3 is 2.12 bits per heavy atom. The van der Waals surface area contributed by atoms with E-state index in [1.165, 1.54) is 38.6 Å². The molecule has 0 radical (unpaired) electrons. The van der Waals surface area contributed by atoms with Gasteiger partial charge in [-0.3, -0.25) is 4.90 Å². The molecule has 1 aliphatic rings. The fourth-order valence-electron chi connectivity index (χ4n) is 2.68. The zero-order valence-electron chi connectivity index (χ0n) is 14.6. The van der Waals surface area contributed by atoms with E-state index in [0.717, 1.165) is 57.7 Å². The van der Waals surface area contributed by atoms with Gasteiger partial charge < -0.3 is 14.6 Å². The average molecular weight is 341 g/mol. The van der Waals surface area contributed by atoms with Gasteiger partial charge in [-0.25, -0.2) is 9.59 Å². The molecule has 0 spiro atoms. The first-order valence-corrected chi connectivity index (χ1v) is 9.06. The number of aliphatic carboxylic acids is 1. The van der Waals surface area contributed by atoms with Crippen LogP contribution >= 0.6 is 0 Å². The summed E-state index contributed by atoms with van der Waals surface area (Å²) >= 11 is 0. The van der Waals surface area contributed by atoms with E-state index >= 15 is 0 Å². The van der Waals surface area contributed by atoms with Crippen molar-refractivity contribution in [1.82, 2.24) is 4.90 Å². The van der Waals surface area contributed by atoms with Crippen LogP contribution in [0.3, 0.4) is 0 Å². The molecule has 1 rings (SSSR count). The molecule has 0 amide bonds. The largest absolute Gasteiger partial charge is 0.478 e. The molecule has 138 valence electrons. The number of morpholine rings is 1. The molecule has 1 fully saturated rings. The van der Waals surface area contributed by atoms with Crippen LogP contribution in [-0.2, 0) is 19.1 Å². The Balaban J connectivity index is 1.78. The highest BCUT2D eigenvalue weighted by Gasteiger charge is 2.08. The Kier molecular flexibility index (Phi) is 12.0. The number of ether oxygens (including phenoxy) is 2. The number of carboxylic acid groups (broad SMARTS) is 1. The Hall–Kier alpha value is -1.40. The number of hydrogen-bond acceptors (Lipinski definition) is 5. The van der Waals surface area contributed by atoms with Gasteiger partial charge >= 0.3 is 11.9 Å². The number of esters is 1. The molecule has 1 heterocycles. The number of carboxylic acids is 1. The van der Waals surface area contributed by atoms with Gasteiger partial charge in [0.2, 0.25) is 0 Å². The first kappa shape index (κ1) is 20.6. The molecule has 6 heteroatoms. The van der Waals surface area contributed by atoms with E-state index in [0.29, 0.717) is 6.61 Å². The third-order valence-corrected chi connectivity index (χ3v) is 4.08. The molecule has 0 aromatic rings. The van der Waals surface area contributed by atoms with Crippen LogP contribution in [-0.4, -0.2) is 61.4 Å². The maximum atomic E-state index is 11.1. The number of unbranched alkanes of at least 4 members (excludes halogenated alkanes) is 7. The highest BCUT2D eigenvalue weighted by Crippen LogP contribution is 2.09. The van der Waals surface area contributed by atoms with Crippen LogP contribution in [0.25, 0.3) is 0 Å². The Morgan fingerprint density at radius 1 is 0.917 bits per heavy atom. The zero-order valence-corrected chi connectivity index (χ0v) is 14.6. The third kappa shape index (κ3) is 12.1. The van der Waals surface area contributed by atoms with Gasteiger partial charge in [0.25, 0.3) is 0 Å². The van der Waals surface area contributed by atoms with Crippen LogP contribution in [0.1, 0.15) is 51.4 Å². The topological polar surface area (TPSA) is 76.1 Å². The number of rotatable bonds is 13. The third-order valence-electron chi connectivity index (χ3n) is 4.08. The van der Waals surface area contributed by atoms with E-state index in [1.807, 2.05) is 0 Å². The Bertz CT molecular complexity index is 378. The molecule has 6 nitrogen and oxygen atoms in total. The smallest absolute Gasteiger partial charge is 0.331 e. The summed E-state index contributed by atoms with van der Waals surface area (Å²) in [4.78, 5) is 23.8. The van der Waals surface area contributed by atoms with Crippen molar-refractivity contribution in [3.63, 3.8) is 0 Å². The Labute approximate surface area is 144 Å². The summed E-state index contributed by atoms with van der Waals surface area (Å²) in [6.45, 7) is 5.48. The lowest BCUT2D eigenvalue weighted by Crippen LogP contribution is -2.36. The lowest BCUT2D eigenvalue weighted by molar-refractivity contribution is -0.138. The van der Waals surface area contributed by atoms with Gasteiger partial charge in [-0.15, -0.1) is 0 Å². The monoisotopic (exact) mass is 341 g/mol. The molecule has 1 aliphatic heterocycles. The van der Waals surface area contributed by atoms with Crippen molar-refractivity contribution in [2.75, 3.05) is 39.5 Å². The van der Waals surface area contributed by atoms with Crippen molar-refractivity contribution < 1.29 is 24.2 Å². The molecule has 24 heavy (non-hydrogen) atoms. The molecule has 1 N–H and O–H groups in total. The van der Waals surface area contributed by atoms with E-state index in [4.69, 9.17) is 14.6 Å². The molecule has 0 unspecified atom stereocenters. The van der Waals surface area contributed by atoms with Gasteiger partial charge in [0.05, 0.1) is 19.8 Å². The highest BCUT2D eigenvalue weighted by atomic mass is 16.5. The predicted molar refractivity (Wildman–Crippen MR) is 91.9 cm³/mol. The van der Waals surface area contributed by atoms with E-state index in [1.54, 1.807) is 0 Å². The SMILES string of the molecule is O=C(O)C=CC(=O)OCCCCCCCCCCN1CCOCC1. The van der Waals surface area contributed by atoms with Gasteiger partial charge in [0, 0.05) is 25.2 Å². The summed E-state index contributed by atoms with van der Waals surface area (Å²) < 4.78 is 10.2. The van der Waals surface area contributed by atoms with Crippen LogP contribution < -0.4 is 0 Å². The fraction of sp³-hybridized carbons (Fsp3) is 0.778. The second-order valence-electron chi connectivity index (χ2n) is 6.12. The van der Waals surface area contributed by atoms with Crippen molar-refractivity contribution in [3.8, 4) is 0 Å². The number of hydrogen-bond donors (Lipinski definition) is 1. The van der Waals surface area contributed by atoms with Crippen molar-refractivity contribution in [3.05, 3.63) is 12.2 Å². The fourth-order valence-corrected chi connectivity index (χ4v) is 2.68. The summed E-state index contributed by atoms with van der Waals surface area (Å²) in [5, 5.41) is 8.37. The van der Waals surface area contributed by atoms with Crippen molar-refractivity contribution >= 4 is 11.9 Å². The minimum absolute atomic E-state index is 0.363. The number of carbonyl (C=O) groups is 2. The second-order valence-corrected chi connectivity index (χ2v) is 6.12. The average Bonchev–Trinajstić information content (AvgIpc) is 2.58. The second kappa shape index (κ2) is 14.0. The van der Waals surface area contributed by atoms with Gasteiger partial charge in [-0.1, -0.05) is 38.5 Å². The first-order valence-electron chi connectivity index (χ1n) is 9.06. The predicted octanol–water partition coefficient (Wildman–Crippen LogP) is 2.62. The van der Waals surface area contributed by atoms with E-state index in [9.17, 15) is 9.59 Å². The minimum Gasteiger partial charge on any atom is -0.478 e. The molecule has 0 atom stereocenters. The molecule has 0 bridgehead atoms. The molecule has 1 saturated heterocycles. The molecule has 0 aromatic heterocycles. The van der Waals surface area contributed by atoms with Gasteiger partial charge in [0.1, 0.15) is 0 Å². The molecule has 0 aliphatic carbocycles. The van der Waals surface area contributed by atoms with Crippen molar-refractivity contribution in [1.29, 1.82) is 0 Å². The standard InChI is InChI=1S/C18H31NO5/c20-17(21)9-10-18(22)24-14-8-6-4-2-1-3-5-7-11-19-12-15-23-16-13-19/h9-10H,1-8,11-16H2,(H,20,21).